The fourth-order valence-corrected chi connectivity index (χ4v) is 2.16. The molecule has 2 aromatic carbocycles. The standard InChI is InChI=1S/C17H16F3NO/c1-12(13-6-3-2-4-7-13)10-16(22)21-15-9-5-8-14(11-15)17(18,19)20/h2-9,11-12H,10H2,1H3,(H,21,22)/t12-/m1/s1. The minimum absolute atomic E-state index is 0.00741. The van der Waals surface area contributed by atoms with E-state index >= 15 is 0 Å². The van der Waals surface area contributed by atoms with Crippen LogP contribution in [0.2, 0.25) is 0 Å². The monoisotopic (exact) mass is 307 g/mol. The van der Waals surface area contributed by atoms with Crippen molar-refractivity contribution in [2.45, 2.75) is 25.4 Å². The van der Waals surface area contributed by atoms with Crippen LogP contribution in [0, 0.1) is 0 Å². The molecule has 2 rings (SSSR count). The van der Waals surface area contributed by atoms with Crippen molar-refractivity contribution in [2.24, 2.45) is 0 Å². The Labute approximate surface area is 127 Å². The maximum absolute atomic E-state index is 12.6. The van der Waals surface area contributed by atoms with E-state index in [9.17, 15) is 18.0 Å². The van der Waals surface area contributed by atoms with Crippen molar-refractivity contribution in [1.29, 1.82) is 0 Å². The summed E-state index contributed by atoms with van der Waals surface area (Å²) in [5.41, 5.74) is 0.392. The van der Waals surface area contributed by atoms with Gasteiger partial charge in [0.1, 0.15) is 0 Å². The zero-order valence-corrected chi connectivity index (χ0v) is 12.0. The number of carbonyl (C=O) groups is 1. The molecule has 0 spiro atoms. The lowest BCUT2D eigenvalue weighted by Gasteiger charge is -2.13. The Morgan fingerprint density at radius 3 is 2.41 bits per heavy atom. The summed E-state index contributed by atoms with van der Waals surface area (Å²) in [6.45, 7) is 1.90. The Morgan fingerprint density at radius 1 is 1.09 bits per heavy atom. The van der Waals surface area contributed by atoms with Crippen LogP contribution in [0.3, 0.4) is 0 Å². The van der Waals surface area contributed by atoms with Crippen molar-refractivity contribution in [3.8, 4) is 0 Å². The van der Waals surface area contributed by atoms with Gasteiger partial charge in [-0.05, 0) is 29.7 Å². The van der Waals surface area contributed by atoms with Crippen molar-refractivity contribution in [3.05, 3.63) is 65.7 Å². The molecule has 116 valence electrons. The lowest BCUT2D eigenvalue weighted by Crippen LogP contribution is -2.15. The van der Waals surface area contributed by atoms with Crippen molar-refractivity contribution in [2.75, 3.05) is 5.32 Å². The lowest BCUT2D eigenvalue weighted by atomic mass is 9.97. The SMILES string of the molecule is C[C@H](CC(=O)Nc1cccc(C(F)(F)F)c1)c1ccccc1. The summed E-state index contributed by atoms with van der Waals surface area (Å²) in [7, 11) is 0. The first-order chi connectivity index (χ1) is 10.4. The smallest absolute Gasteiger partial charge is 0.326 e. The Morgan fingerprint density at radius 2 is 1.77 bits per heavy atom. The molecule has 2 aromatic rings. The van der Waals surface area contributed by atoms with Gasteiger partial charge >= 0.3 is 6.18 Å². The molecule has 0 saturated carbocycles. The zero-order chi connectivity index (χ0) is 16.2. The maximum Gasteiger partial charge on any atom is 0.416 e. The van der Waals surface area contributed by atoms with E-state index in [1.807, 2.05) is 37.3 Å². The van der Waals surface area contributed by atoms with Crippen LogP contribution in [0.5, 0.6) is 0 Å². The number of hydrogen-bond acceptors (Lipinski definition) is 1. The summed E-state index contributed by atoms with van der Waals surface area (Å²) in [6.07, 6.45) is -4.21. The van der Waals surface area contributed by atoms with Gasteiger partial charge in [0.05, 0.1) is 5.56 Å². The van der Waals surface area contributed by atoms with Gasteiger partial charge in [0.15, 0.2) is 0 Å². The molecule has 0 aliphatic carbocycles. The van der Waals surface area contributed by atoms with E-state index in [4.69, 9.17) is 0 Å². The van der Waals surface area contributed by atoms with Gasteiger partial charge in [-0.15, -0.1) is 0 Å². The molecule has 1 atom stereocenters. The van der Waals surface area contributed by atoms with Crippen molar-refractivity contribution in [3.63, 3.8) is 0 Å². The number of halogens is 3. The molecule has 0 aromatic heterocycles. The second-order valence-corrected chi connectivity index (χ2v) is 5.14. The summed E-state index contributed by atoms with van der Waals surface area (Å²) in [6, 6.07) is 14.1. The highest BCUT2D eigenvalue weighted by Crippen LogP contribution is 2.30. The van der Waals surface area contributed by atoms with Crippen LogP contribution in [0.15, 0.2) is 54.6 Å². The maximum atomic E-state index is 12.6. The van der Waals surface area contributed by atoms with Crippen molar-refractivity contribution in [1.82, 2.24) is 0 Å². The van der Waals surface area contributed by atoms with Crippen LogP contribution in [-0.4, -0.2) is 5.91 Å². The molecular weight excluding hydrogens is 291 g/mol. The largest absolute Gasteiger partial charge is 0.416 e. The van der Waals surface area contributed by atoms with Crippen LogP contribution in [0.4, 0.5) is 18.9 Å². The number of nitrogens with one attached hydrogen (secondary N) is 1. The second kappa shape index (κ2) is 6.64. The Kier molecular flexibility index (Phi) is 4.85. The highest BCUT2D eigenvalue weighted by atomic mass is 19.4. The first-order valence-electron chi connectivity index (χ1n) is 6.88. The molecule has 0 fully saturated rings. The molecule has 1 amide bonds. The van der Waals surface area contributed by atoms with Crippen LogP contribution in [-0.2, 0) is 11.0 Å². The first kappa shape index (κ1) is 16.1. The van der Waals surface area contributed by atoms with E-state index < -0.39 is 11.7 Å². The Hall–Kier alpha value is -2.30. The third kappa shape index (κ3) is 4.35. The van der Waals surface area contributed by atoms with Crippen molar-refractivity contribution < 1.29 is 18.0 Å². The normalized spacial score (nSPS) is 12.7. The quantitative estimate of drug-likeness (QED) is 0.860. The fourth-order valence-electron chi connectivity index (χ4n) is 2.16. The number of amides is 1. The third-order valence-corrected chi connectivity index (χ3v) is 3.33. The molecule has 2 nitrogen and oxygen atoms in total. The van der Waals surface area contributed by atoms with Gasteiger partial charge in [-0.2, -0.15) is 13.2 Å². The predicted molar refractivity (Wildman–Crippen MR) is 79.5 cm³/mol. The molecule has 5 heteroatoms. The fraction of sp³-hybridized carbons (Fsp3) is 0.235. The van der Waals surface area contributed by atoms with Crippen LogP contribution < -0.4 is 5.32 Å². The minimum atomic E-state index is -4.42. The topological polar surface area (TPSA) is 29.1 Å². The average molecular weight is 307 g/mol. The number of carbonyl (C=O) groups excluding carboxylic acids is 1. The van der Waals surface area contributed by atoms with Gasteiger partial charge < -0.3 is 5.32 Å². The molecule has 0 saturated heterocycles. The summed E-state index contributed by atoms with van der Waals surface area (Å²) >= 11 is 0. The molecule has 0 heterocycles. The molecule has 0 aliphatic heterocycles. The molecule has 0 radical (unpaired) electrons. The molecule has 0 bridgehead atoms. The summed E-state index contributed by atoms with van der Waals surface area (Å²) in [5, 5.41) is 2.52. The van der Waals surface area contributed by atoms with Crippen molar-refractivity contribution >= 4 is 11.6 Å². The highest BCUT2D eigenvalue weighted by molar-refractivity contribution is 5.91. The number of alkyl halides is 3. The van der Waals surface area contributed by atoms with Gasteiger partial charge in [-0.25, -0.2) is 0 Å². The van der Waals surface area contributed by atoms with E-state index in [1.54, 1.807) is 0 Å². The van der Waals surface area contributed by atoms with E-state index in [1.165, 1.54) is 12.1 Å². The number of benzene rings is 2. The van der Waals surface area contributed by atoms with Gasteiger partial charge in [0.2, 0.25) is 5.91 Å². The number of hydrogen-bond donors (Lipinski definition) is 1. The molecular formula is C17H16F3NO. The number of rotatable bonds is 4. The van der Waals surface area contributed by atoms with Gasteiger partial charge in [0.25, 0.3) is 0 Å². The van der Waals surface area contributed by atoms with Gasteiger partial charge in [-0.3, -0.25) is 4.79 Å². The highest BCUT2D eigenvalue weighted by Gasteiger charge is 2.30. The first-order valence-corrected chi connectivity index (χ1v) is 6.88. The Bertz CT molecular complexity index is 638. The Balaban J connectivity index is 2.01. The van der Waals surface area contributed by atoms with Gasteiger partial charge in [0, 0.05) is 12.1 Å². The minimum Gasteiger partial charge on any atom is -0.326 e. The molecule has 22 heavy (non-hydrogen) atoms. The van der Waals surface area contributed by atoms with Crippen LogP contribution in [0.1, 0.15) is 30.4 Å². The molecule has 0 aliphatic rings. The van der Waals surface area contributed by atoms with E-state index in [0.717, 1.165) is 17.7 Å². The lowest BCUT2D eigenvalue weighted by molar-refractivity contribution is -0.137. The van der Waals surface area contributed by atoms with Crippen LogP contribution in [0.25, 0.3) is 0 Å². The zero-order valence-electron chi connectivity index (χ0n) is 12.0. The summed E-state index contributed by atoms with van der Waals surface area (Å²) < 4.78 is 37.9. The predicted octanol–water partition coefficient (Wildman–Crippen LogP) is 4.84. The molecule has 0 unspecified atom stereocenters. The third-order valence-electron chi connectivity index (χ3n) is 3.33. The molecule has 1 N–H and O–H groups in total. The summed E-state index contributed by atoms with van der Waals surface area (Å²) in [4.78, 5) is 12.0. The second-order valence-electron chi connectivity index (χ2n) is 5.14. The summed E-state index contributed by atoms with van der Waals surface area (Å²) in [5.74, 6) is -0.317. The van der Waals surface area contributed by atoms with E-state index in [0.29, 0.717) is 0 Å². The van der Waals surface area contributed by atoms with E-state index in [2.05, 4.69) is 5.32 Å². The van der Waals surface area contributed by atoms with Gasteiger partial charge in [-0.1, -0.05) is 43.3 Å². The number of anilines is 1. The van der Waals surface area contributed by atoms with E-state index in [-0.39, 0.29) is 23.9 Å². The average Bonchev–Trinajstić information content (AvgIpc) is 2.47. The van der Waals surface area contributed by atoms with Crippen LogP contribution >= 0.6 is 0 Å².